The average molecular weight is 246 g/mol. The largest absolute Gasteiger partial charge is 0.383 e. The van der Waals surface area contributed by atoms with Crippen LogP contribution in [0.1, 0.15) is 51.5 Å². The van der Waals surface area contributed by atoms with Crippen molar-refractivity contribution in [3.05, 3.63) is 11.8 Å². The Kier molecular flexibility index (Phi) is 2.20. The third kappa shape index (κ3) is 1.26. The number of nitrogens with zero attached hydrogens (tertiary/aromatic N) is 2. The van der Waals surface area contributed by atoms with E-state index in [4.69, 9.17) is 11.5 Å². The van der Waals surface area contributed by atoms with Crippen molar-refractivity contribution in [3.8, 4) is 0 Å². The number of hydrogen-bond acceptors (Lipinski definition) is 4. The molecule has 4 heteroatoms. The molecule has 0 aliphatic heterocycles. The van der Waals surface area contributed by atoms with Crippen molar-refractivity contribution in [2.24, 2.45) is 16.7 Å². The summed E-state index contributed by atoms with van der Waals surface area (Å²) in [7, 11) is 0. The average Bonchev–Trinajstić information content (AvgIpc) is 2.61. The molecule has 2 fully saturated rings. The van der Waals surface area contributed by atoms with E-state index in [0.29, 0.717) is 22.6 Å². The molecule has 18 heavy (non-hydrogen) atoms. The zero-order chi connectivity index (χ0) is 13.1. The second kappa shape index (κ2) is 3.37. The molecule has 2 saturated carbocycles. The fourth-order valence-electron chi connectivity index (χ4n) is 4.36. The highest BCUT2D eigenvalue weighted by Gasteiger charge is 2.61. The number of nitrogens with two attached hydrogens (primary N) is 2. The number of fused-ring (bicyclic) bond motifs is 2. The van der Waals surface area contributed by atoms with E-state index in [-0.39, 0.29) is 5.95 Å². The molecular formula is C14H22N4. The quantitative estimate of drug-likeness (QED) is 0.798. The van der Waals surface area contributed by atoms with Crippen molar-refractivity contribution in [2.45, 2.75) is 46.0 Å². The lowest BCUT2D eigenvalue weighted by Crippen LogP contribution is -2.31. The first-order valence-electron chi connectivity index (χ1n) is 6.74. The van der Waals surface area contributed by atoms with Crippen molar-refractivity contribution >= 4 is 11.8 Å². The van der Waals surface area contributed by atoms with Crippen molar-refractivity contribution < 1.29 is 0 Å². The Bertz CT molecular complexity index is 497. The van der Waals surface area contributed by atoms with Gasteiger partial charge in [0.05, 0.1) is 0 Å². The molecule has 3 atom stereocenters. The monoisotopic (exact) mass is 246 g/mol. The Morgan fingerprint density at radius 3 is 2.50 bits per heavy atom. The summed E-state index contributed by atoms with van der Waals surface area (Å²) in [6.45, 7) is 7.21. The van der Waals surface area contributed by atoms with Gasteiger partial charge in [0.15, 0.2) is 0 Å². The zero-order valence-corrected chi connectivity index (χ0v) is 11.4. The van der Waals surface area contributed by atoms with Crippen LogP contribution in [0.5, 0.6) is 0 Å². The van der Waals surface area contributed by atoms with Crippen molar-refractivity contribution in [1.82, 2.24) is 9.97 Å². The van der Waals surface area contributed by atoms with Crippen molar-refractivity contribution in [2.75, 3.05) is 11.5 Å². The number of hydrogen-bond donors (Lipinski definition) is 2. The zero-order valence-electron chi connectivity index (χ0n) is 11.4. The van der Waals surface area contributed by atoms with Gasteiger partial charge in [-0.25, -0.2) is 4.98 Å². The van der Waals surface area contributed by atoms with Crippen LogP contribution in [0.3, 0.4) is 0 Å². The fourth-order valence-corrected chi connectivity index (χ4v) is 4.36. The Hall–Kier alpha value is -1.32. The van der Waals surface area contributed by atoms with Gasteiger partial charge in [0.2, 0.25) is 5.95 Å². The molecule has 1 heterocycles. The summed E-state index contributed by atoms with van der Waals surface area (Å²) in [5.74, 6) is 2.11. The van der Waals surface area contributed by atoms with Crippen molar-refractivity contribution in [3.63, 3.8) is 0 Å². The lowest BCUT2D eigenvalue weighted by molar-refractivity contribution is 0.134. The van der Waals surface area contributed by atoms with E-state index < -0.39 is 0 Å². The Balaban J connectivity index is 2.05. The van der Waals surface area contributed by atoms with Crippen LogP contribution in [0.4, 0.5) is 11.8 Å². The molecule has 4 nitrogen and oxygen atoms in total. The van der Waals surface area contributed by atoms with Crippen LogP contribution in [0, 0.1) is 16.7 Å². The van der Waals surface area contributed by atoms with Gasteiger partial charge in [0.25, 0.3) is 0 Å². The molecule has 2 aliphatic carbocycles. The predicted octanol–water partition coefficient (Wildman–Crippen LogP) is 2.57. The van der Waals surface area contributed by atoms with Gasteiger partial charge in [-0.05, 0) is 41.9 Å². The molecule has 4 N–H and O–H groups in total. The summed E-state index contributed by atoms with van der Waals surface area (Å²) < 4.78 is 0. The Morgan fingerprint density at radius 1 is 1.28 bits per heavy atom. The van der Waals surface area contributed by atoms with E-state index in [2.05, 4.69) is 30.7 Å². The maximum Gasteiger partial charge on any atom is 0.221 e. The minimum Gasteiger partial charge on any atom is -0.383 e. The minimum absolute atomic E-state index is 0.267. The molecule has 1 aromatic heterocycles. The molecular weight excluding hydrogens is 224 g/mol. The van der Waals surface area contributed by atoms with Crippen LogP contribution >= 0.6 is 0 Å². The van der Waals surface area contributed by atoms with Crippen LogP contribution in [0.15, 0.2) is 6.20 Å². The summed E-state index contributed by atoms with van der Waals surface area (Å²) in [6, 6.07) is 0. The number of aromatic nitrogens is 2. The van der Waals surface area contributed by atoms with Gasteiger partial charge in [-0.2, -0.15) is 4.98 Å². The first-order chi connectivity index (χ1) is 8.36. The smallest absolute Gasteiger partial charge is 0.221 e. The second-order valence-electron chi connectivity index (χ2n) is 6.73. The van der Waals surface area contributed by atoms with Crippen LogP contribution in [-0.2, 0) is 0 Å². The molecule has 2 aliphatic rings. The first-order valence-corrected chi connectivity index (χ1v) is 6.74. The van der Waals surface area contributed by atoms with Gasteiger partial charge < -0.3 is 11.5 Å². The minimum atomic E-state index is 0.267. The van der Waals surface area contributed by atoms with Gasteiger partial charge in [-0.3, -0.25) is 0 Å². The molecule has 0 amide bonds. The van der Waals surface area contributed by atoms with Crippen LogP contribution in [-0.4, -0.2) is 9.97 Å². The SMILES string of the molecule is CC1(C)C2CCC1(C)C(c1cnc(N)nc1N)C2. The predicted molar refractivity (Wildman–Crippen MR) is 72.8 cm³/mol. The van der Waals surface area contributed by atoms with Crippen molar-refractivity contribution in [1.29, 1.82) is 0 Å². The number of nitrogen functional groups attached to an aromatic ring is 2. The van der Waals surface area contributed by atoms with Gasteiger partial charge in [-0.15, -0.1) is 0 Å². The molecule has 2 bridgehead atoms. The summed E-state index contributed by atoms with van der Waals surface area (Å²) in [5, 5.41) is 0. The molecule has 3 unspecified atom stereocenters. The Morgan fingerprint density at radius 2 is 2.00 bits per heavy atom. The van der Waals surface area contributed by atoms with E-state index in [1.165, 1.54) is 19.3 Å². The molecule has 3 rings (SSSR count). The van der Waals surface area contributed by atoms with E-state index in [9.17, 15) is 0 Å². The normalized spacial score (nSPS) is 37.1. The third-order valence-electron chi connectivity index (χ3n) is 6.04. The topological polar surface area (TPSA) is 77.8 Å². The van der Waals surface area contributed by atoms with Crippen LogP contribution in [0.2, 0.25) is 0 Å². The van der Waals surface area contributed by atoms with E-state index in [0.717, 1.165) is 11.5 Å². The van der Waals surface area contributed by atoms with Crippen LogP contribution < -0.4 is 11.5 Å². The standard InChI is InChI=1S/C14H22N4/c1-13(2)8-4-5-14(13,3)10(6-8)9-7-17-12(16)18-11(9)15/h7-8,10H,4-6H2,1-3H3,(H4,15,16,17,18). The van der Waals surface area contributed by atoms with Gasteiger partial charge in [-0.1, -0.05) is 20.8 Å². The fraction of sp³-hybridized carbons (Fsp3) is 0.714. The summed E-state index contributed by atoms with van der Waals surface area (Å²) >= 11 is 0. The summed E-state index contributed by atoms with van der Waals surface area (Å²) in [5.41, 5.74) is 13.4. The maximum atomic E-state index is 6.05. The third-order valence-corrected chi connectivity index (χ3v) is 6.04. The summed E-state index contributed by atoms with van der Waals surface area (Å²) in [6.07, 6.45) is 5.67. The molecule has 0 saturated heterocycles. The van der Waals surface area contributed by atoms with Gasteiger partial charge >= 0.3 is 0 Å². The highest BCUT2D eigenvalue weighted by molar-refractivity contribution is 5.46. The molecule has 1 aromatic rings. The Labute approximate surface area is 108 Å². The van der Waals surface area contributed by atoms with E-state index in [1.54, 1.807) is 0 Å². The lowest BCUT2D eigenvalue weighted by Gasteiger charge is -2.39. The highest BCUT2D eigenvalue weighted by atomic mass is 15.0. The number of anilines is 2. The summed E-state index contributed by atoms with van der Waals surface area (Å²) in [4.78, 5) is 8.26. The van der Waals surface area contributed by atoms with E-state index in [1.807, 2.05) is 6.20 Å². The van der Waals surface area contributed by atoms with Crippen LogP contribution in [0.25, 0.3) is 0 Å². The lowest BCUT2D eigenvalue weighted by atomic mass is 9.65. The first kappa shape index (κ1) is 11.8. The second-order valence-corrected chi connectivity index (χ2v) is 6.73. The maximum absolute atomic E-state index is 6.05. The molecule has 98 valence electrons. The van der Waals surface area contributed by atoms with Gasteiger partial charge in [0, 0.05) is 11.8 Å². The molecule has 0 spiro atoms. The molecule has 0 radical (unpaired) electrons. The van der Waals surface area contributed by atoms with E-state index >= 15 is 0 Å². The van der Waals surface area contributed by atoms with Gasteiger partial charge in [0.1, 0.15) is 5.82 Å². The molecule has 0 aromatic carbocycles. The number of rotatable bonds is 1. The highest BCUT2D eigenvalue weighted by Crippen LogP contribution is 2.71.